The number of methoxy groups -OCH3 is 1. The number of carbonyl (C=O) groups is 2. The lowest BCUT2D eigenvalue weighted by molar-refractivity contribution is -0.116. The standard InChI is InChI=1S/C25H26N4O3S2/c1-14-10-15(2)22(16(3)11-14)27-21(30)13-29(4)24(31)20-12-19-23(33-20)28-25(34-19)26-17-8-6-7-9-18(17)32-5/h6-12H,13H2,1-5H3,(H,26,28)(H,27,30). The SMILES string of the molecule is COc1ccccc1Nc1nc2sc(C(=O)N(C)CC(=O)Nc3c(C)cc(C)cc3C)cc2s1. The molecule has 0 aliphatic heterocycles. The molecule has 2 amide bonds. The van der Waals surface area contributed by atoms with Gasteiger partial charge in [0, 0.05) is 12.7 Å². The number of ether oxygens (including phenoxy) is 1. The highest BCUT2D eigenvalue weighted by Gasteiger charge is 2.20. The molecule has 9 heteroatoms. The van der Waals surface area contributed by atoms with Crippen molar-refractivity contribution in [2.24, 2.45) is 0 Å². The number of nitrogens with one attached hydrogen (secondary N) is 2. The number of thiophene rings is 1. The van der Waals surface area contributed by atoms with Gasteiger partial charge in [-0.3, -0.25) is 9.59 Å². The van der Waals surface area contributed by atoms with Crippen LogP contribution in [0.25, 0.3) is 9.53 Å². The number of carbonyl (C=O) groups excluding carboxylic acids is 2. The summed E-state index contributed by atoms with van der Waals surface area (Å²) in [5.41, 5.74) is 4.77. The van der Waals surface area contributed by atoms with Crippen LogP contribution in [0.3, 0.4) is 0 Å². The van der Waals surface area contributed by atoms with Crippen LogP contribution in [-0.2, 0) is 4.79 Å². The van der Waals surface area contributed by atoms with Gasteiger partial charge in [-0.15, -0.1) is 11.3 Å². The van der Waals surface area contributed by atoms with E-state index in [1.165, 1.54) is 27.6 Å². The Kier molecular flexibility index (Phi) is 6.85. The molecule has 2 aromatic heterocycles. The Hall–Kier alpha value is -3.43. The maximum absolute atomic E-state index is 12.9. The molecule has 0 aliphatic rings. The summed E-state index contributed by atoms with van der Waals surface area (Å²) in [5.74, 6) is 0.292. The second kappa shape index (κ2) is 9.82. The molecule has 0 fully saturated rings. The van der Waals surface area contributed by atoms with E-state index in [-0.39, 0.29) is 18.4 Å². The number of likely N-dealkylation sites (N-methyl/N-ethyl adjacent to an activating group) is 1. The molecule has 2 N–H and O–H groups in total. The summed E-state index contributed by atoms with van der Waals surface area (Å²) in [5, 5.41) is 6.94. The van der Waals surface area contributed by atoms with Crippen molar-refractivity contribution in [1.82, 2.24) is 9.88 Å². The van der Waals surface area contributed by atoms with Crippen molar-refractivity contribution in [2.75, 3.05) is 31.3 Å². The van der Waals surface area contributed by atoms with E-state index in [9.17, 15) is 9.59 Å². The number of hydrogen-bond acceptors (Lipinski definition) is 7. The number of anilines is 3. The molecule has 0 saturated heterocycles. The van der Waals surface area contributed by atoms with Gasteiger partial charge in [0.05, 0.1) is 28.9 Å². The molecule has 0 radical (unpaired) electrons. The largest absolute Gasteiger partial charge is 0.495 e. The lowest BCUT2D eigenvalue weighted by atomic mass is 10.1. The van der Waals surface area contributed by atoms with Gasteiger partial charge < -0.3 is 20.3 Å². The first-order chi connectivity index (χ1) is 16.2. The van der Waals surface area contributed by atoms with Crippen LogP contribution in [0.1, 0.15) is 26.4 Å². The van der Waals surface area contributed by atoms with Gasteiger partial charge >= 0.3 is 0 Å². The minimum absolute atomic E-state index is 0.0365. The summed E-state index contributed by atoms with van der Waals surface area (Å²) >= 11 is 2.78. The molecule has 0 atom stereocenters. The quantitative estimate of drug-likeness (QED) is 0.342. The van der Waals surface area contributed by atoms with Crippen molar-refractivity contribution in [3.8, 4) is 5.75 Å². The number of benzene rings is 2. The normalized spacial score (nSPS) is 10.9. The average molecular weight is 495 g/mol. The number of nitrogens with zero attached hydrogens (tertiary/aromatic N) is 2. The zero-order chi connectivity index (χ0) is 24.4. The van der Waals surface area contributed by atoms with E-state index >= 15 is 0 Å². The first-order valence-electron chi connectivity index (χ1n) is 10.7. The van der Waals surface area contributed by atoms with Crippen LogP contribution in [0, 0.1) is 20.8 Å². The molecular weight excluding hydrogens is 468 g/mol. The minimum atomic E-state index is -0.231. The highest BCUT2D eigenvalue weighted by Crippen LogP contribution is 2.36. The van der Waals surface area contributed by atoms with E-state index < -0.39 is 0 Å². The third-order valence-electron chi connectivity index (χ3n) is 5.32. The lowest BCUT2D eigenvalue weighted by Gasteiger charge is -2.18. The van der Waals surface area contributed by atoms with Gasteiger partial charge in [0.1, 0.15) is 10.6 Å². The number of rotatable bonds is 7. The third-order valence-corrected chi connectivity index (χ3v) is 7.38. The van der Waals surface area contributed by atoms with Crippen LogP contribution >= 0.6 is 22.7 Å². The van der Waals surface area contributed by atoms with Gasteiger partial charge in [0.2, 0.25) is 5.91 Å². The van der Waals surface area contributed by atoms with Crippen molar-refractivity contribution in [2.45, 2.75) is 20.8 Å². The molecule has 0 spiro atoms. The van der Waals surface area contributed by atoms with Crippen molar-refractivity contribution >= 4 is 60.5 Å². The molecule has 0 unspecified atom stereocenters. The number of fused-ring (bicyclic) bond motifs is 1. The topological polar surface area (TPSA) is 83.6 Å². The van der Waals surface area contributed by atoms with Crippen molar-refractivity contribution < 1.29 is 14.3 Å². The first kappa shape index (κ1) is 23.7. The van der Waals surface area contributed by atoms with E-state index in [2.05, 4.69) is 15.6 Å². The highest BCUT2D eigenvalue weighted by molar-refractivity contribution is 7.29. The van der Waals surface area contributed by atoms with Crippen molar-refractivity contribution in [1.29, 1.82) is 0 Å². The zero-order valence-electron chi connectivity index (χ0n) is 19.7. The molecule has 2 aromatic carbocycles. The minimum Gasteiger partial charge on any atom is -0.495 e. The molecule has 2 heterocycles. The van der Waals surface area contributed by atoms with Crippen LogP contribution in [-0.4, -0.2) is 42.4 Å². The predicted octanol–water partition coefficient (Wildman–Crippen LogP) is 5.75. The Morgan fingerprint density at radius 1 is 1.06 bits per heavy atom. The summed E-state index contributed by atoms with van der Waals surface area (Å²) in [6.07, 6.45) is 0. The summed E-state index contributed by atoms with van der Waals surface area (Å²) in [4.78, 5) is 32.9. The Morgan fingerprint density at radius 3 is 2.44 bits per heavy atom. The van der Waals surface area contributed by atoms with Crippen LogP contribution < -0.4 is 15.4 Å². The number of hydrogen-bond donors (Lipinski definition) is 2. The Bertz CT molecular complexity index is 1320. The molecule has 4 aromatic rings. The van der Waals surface area contributed by atoms with E-state index in [1.807, 2.05) is 63.2 Å². The lowest BCUT2D eigenvalue weighted by Crippen LogP contribution is -2.34. The van der Waals surface area contributed by atoms with Crippen molar-refractivity contribution in [3.05, 3.63) is 64.0 Å². The van der Waals surface area contributed by atoms with E-state index in [4.69, 9.17) is 4.74 Å². The smallest absolute Gasteiger partial charge is 0.264 e. The first-order valence-corrected chi connectivity index (χ1v) is 12.3. The highest BCUT2D eigenvalue weighted by atomic mass is 32.1. The molecule has 4 rings (SSSR count). The number of thiazole rings is 1. The predicted molar refractivity (Wildman–Crippen MR) is 140 cm³/mol. The second-order valence-corrected chi connectivity index (χ2v) is 10.2. The van der Waals surface area contributed by atoms with Gasteiger partial charge in [0.15, 0.2) is 5.13 Å². The van der Waals surface area contributed by atoms with Gasteiger partial charge in [-0.05, 0) is 50.1 Å². The van der Waals surface area contributed by atoms with Gasteiger partial charge in [0.25, 0.3) is 5.91 Å². The molecular formula is C25H26N4O3S2. The zero-order valence-corrected chi connectivity index (χ0v) is 21.3. The van der Waals surface area contributed by atoms with Gasteiger partial charge in [-0.1, -0.05) is 41.2 Å². The van der Waals surface area contributed by atoms with E-state index in [1.54, 1.807) is 14.2 Å². The summed E-state index contributed by atoms with van der Waals surface area (Å²) in [6, 6.07) is 13.5. The maximum Gasteiger partial charge on any atom is 0.264 e. The molecule has 7 nitrogen and oxygen atoms in total. The molecule has 0 saturated carbocycles. The number of aryl methyl sites for hydroxylation is 3. The molecule has 0 aliphatic carbocycles. The Labute approximate surface area is 206 Å². The Balaban J connectivity index is 1.42. The fourth-order valence-corrected chi connectivity index (χ4v) is 5.91. The van der Waals surface area contributed by atoms with Crippen molar-refractivity contribution in [3.63, 3.8) is 0 Å². The number of para-hydroxylation sites is 2. The molecule has 0 bridgehead atoms. The maximum atomic E-state index is 12.9. The van der Waals surface area contributed by atoms with Gasteiger partial charge in [-0.25, -0.2) is 4.98 Å². The fraction of sp³-hybridized carbons (Fsp3) is 0.240. The Morgan fingerprint density at radius 2 is 1.76 bits per heavy atom. The number of aromatic nitrogens is 1. The summed E-state index contributed by atoms with van der Waals surface area (Å²) in [7, 11) is 3.26. The van der Waals surface area contributed by atoms with E-state index in [0.29, 0.717) is 4.88 Å². The third kappa shape index (κ3) is 5.05. The monoisotopic (exact) mass is 494 g/mol. The summed E-state index contributed by atoms with van der Waals surface area (Å²) < 4.78 is 6.28. The van der Waals surface area contributed by atoms with Crippen LogP contribution in [0.2, 0.25) is 0 Å². The second-order valence-electron chi connectivity index (χ2n) is 8.11. The summed E-state index contributed by atoms with van der Waals surface area (Å²) in [6.45, 7) is 5.92. The molecule has 34 heavy (non-hydrogen) atoms. The number of amides is 2. The van der Waals surface area contributed by atoms with Crippen LogP contribution in [0.15, 0.2) is 42.5 Å². The fourth-order valence-electron chi connectivity index (χ4n) is 3.79. The average Bonchev–Trinajstić information content (AvgIpc) is 3.34. The van der Waals surface area contributed by atoms with Crippen LogP contribution in [0.4, 0.5) is 16.5 Å². The van der Waals surface area contributed by atoms with Gasteiger partial charge in [-0.2, -0.15) is 0 Å². The van der Waals surface area contributed by atoms with E-state index in [0.717, 1.165) is 48.5 Å². The van der Waals surface area contributed by atoms with Crippen LogP contribution in [0.5, 0.6) is 5.75 Å². The molecule has 176 valence electrons.